The molecular weight excluding hydrogens is 328 g/mol. The van der Waals surface area contributed by atoms with Crippen LogP contribution in [0.5, 0.6) is 0 Å². The van der Waals surface area contributed by atoms with Gasteiger partial charge in [-0.3, -0.25) is 14.5 Å². The molecule has 0 aromatic heterocycles. The van der Waals surface area contributed by atoms with Crippen molar-refractivity contribution in [1.29, 1.82) is 0 Å². The van der Waals surface area contributed by atoms with E-state index in [1.54, 1.807) is 0 Å². The van der Waals surface area contributed by atoms with Crippen LogP contribution < -0.4 is 16.0 Å². The fourth-order valence-electron chi connectivity index (χ4n) is 4.07. The number of rotatable bonds is 7. The van der Waals surface area contributed by atoms with Gasteiger partial charge in [0, 0.05) is 44.2 Å². The van der Waals surface area contributed by atoms with Gasteiger partial charge in [-0.25, -0.2) is 0 Å². The van der Waals surface area contributed by atoms with E-state index in [0.29, 0.717) is 25.0 Å². The van der Waals surface area contributed by atoms with E-state index in [0.717, 1.165) is 38.8 Å². The molecule has 1 aromatic rings. The van der Waals surface area contributed by atoms with Crippen molar-refractivity contribution in [3.05, 3.63) is 35.9 Å². The molecule has 26 heavy (non-hydrogen) atoms. The molecule has 2 amide bonds. The van der Waals surface area contributed by atoms with Gasteiger partial charge in [0.1, 0.15) is 0 Å². The highest BCUT2D eigenvalue weighted by Crippen LogP contribution is 2.26. The predicted molar refractivity (Wildman–Crippen MR) is 99.4 cm³/mol. The number of nitrogens with one attached hydrogen (secondary N) is 3. The molecule has 2 saturated heterocycles. The second-order valence-corrected chi connectivity index (χ2v) is 7.79. The van der Waals surface area contributed by atoms with Crippen molar-refractivity contribution in [2.24, 2.45) is 0 Å². The third-order valence-electron chi connectivity index (χ3n) is 5.71. The maximum atomic E-state index is 12.3. The van der Waals surface area contributed by atoms with E-state index in [4.69, 9.17) is 0 Å². The van der Waals surface area contributed by atoms with Gasteiger partial charge in [-0.1, -0.05) is 30.3 Å². The Balaban J connectivity index is 1.29. The van der Waals surface area contributed by atoms with Crippen LogP contribution >= 0.6 is 0 Å². The van der Waals surface area contributed by atoms with Crippen molar-refractivity contribution in [3.63, 3.8) is 0 Å². The van der Waals surface area contributed by atoms with Crippen molar-refractivity contribution >= 4 is 11.8 Å². The zero-order valence-electron chi connectivity index (χ0n) is 15.1. The Morgan fingerprint density at radius 1 is 1.19 bits per heavy atom. The minimum Gasteiger partial charge on any atom is -0.353 e. The van der Waals surface area contributed by atoms with Crippen LogP contribution in [0.1, 0.15) is 37.7 Å². The molecular formula is C20H28N4O2. The lowest BCUT2D eigenvalue weighted by Gasteiger charge is -2.37. The topological polar surface area (TPSA) is 73.5 Å². The van der Waals surface area contributed by atoms with Gasteiger partial charge in [0.15, 0.2) is 0 Å². The molecule has 0 unspecified atom stereocenters. The van der Waals surface area contributed by atoms with Gasteiger partial charge >= 0.3 is 0 Å². The maximum Gasteiger partial charge on any atom is 0.237 e. The standard InChI is InChI=1S/C20H28N4O2/c25-19(23-15-6-7-15)9-8-17-12-22-20(26)18-10-16(13-24(17)18)21-11-14-4-2-1-3-5-14/h1-5,15-18,21H,6-13H2,(H,22,26)(H,23,25)/t16-,17-,18-/m1/s1. The Labute approximate surface area is 154 Å². The first-order chi connectivity index (χ1) is 12.7. The summed E-state index contributed by atoms with van der Waals surface area (Å²) >= 11 is 0. The molecule has 0 spiro atoms. The highest BCUT2D eigenvalue weighted by Gasteiger charge is 2.43. The van der Waals surface area contributed by atoms with Gasteiger partial charge in [-0.2, -0.15) is 0 Å². The lowest BCUT2D eigenvalue weighted by Crippen LogP contribution is -2.58. The van der Waals surface area contributed by atoms with Crippen molar-refractivity contribution in [1.82, 2.24) is 20.9 Å². The average molecular weight is 356 g/mol. The zero-order chi connectivity index (χ0) is 17.9. The van der Waals surface area contributed by atoms with E-state index < -0.39 is 0 Å². The van der Waals surface area contributed by atoms with Crippen LogP contribution in [-0.2, 0) is 16.1 Å². The van der Waals surface area contributed by atoms with Gasteiger partial charge < -0.3 is 16.0 Å². The Kier molecular flexibility index (Phi) is 5.22. The normalized spacial score (nSPS) is 28.5. The van der Waals surface area contributed by atoms with Crippen LogP contribution in [0.3, 0.4) is 0 Å². The van der Waals surface area contributed by atoms with Gasteiger partial charge in [-0.05, 0) is 31.2 Å². The molecule has 6 heteroatoms. The van der Waals surface area contributed by atoms with Gasteiger partial charge in [0.2, 0.25) is 11.8 Å². The van der Waals surface area contributed by atoms with Crippen molar-refractivity contribution in [2.45, 2.75) is 62.8 Å². The highest BCUT2D eigenvalue weighted by atomic mass is 16.2. The van der Waals surface area contributed by atoms with Crippen molar-refractivity contribution < 1.29 is 9.59 Å². The first kappa shape index (κ1) is 17.5. The minimum atomic E-state index is -0.0616. The quantitative estimate of drug-likeness (QED) is 0.675. The molecule has 3 N–H and O–H groups in total. The summed E-state index contributed by atoms with van der Waals surface area (Å²) in [6.07, 6.45) is 4.43. The lowest BCUT2D eigenvalue weighted by atomic mass is 10.0. The number of hydrogen-bond donors (Lipinski definition) is 3. The van der Waals surface area contributed by atoms with E-state index in [1.807, 2.05) is 18.2 Å². The van der Waals surface area contributed by atoms with Crippen LogP contribution in [0.2, 0.25) is 0 Å². The van der Waals surface area contributed by atoms with Crippen LogP contribution in [-0.4, -0.2) is 54.0 Å². The molecule has 1 saturated carbocycles. The first-order valence-electron chi connectivity index (χ1n) is 9.79. The molecule has 4 rings (SSSR count). The lowest BCUT2D eigenvalue weighted by molar-refractivity contribution is -0.129. The van der Waals surface area contributed by atoms with E-state index in [-0.39, 0.29) is 23.9 Å². The van der Waals surface area contributed by atoms with Crippen LogP contribution in [0.15, 0.2) is 30.3 Å². The second kappa shape index (κ2) is 7.76. The largest absolute Gasteiger partial charge is 0.353 e. The van der Waals surface area contributed by atoms with Crippen LogP contribution in [0.25, 0.3) is 0 Å². The molecule has 1 aliphatic carbocycles. The number of piperazine rings is 1. The molecule has 2 aliphatic heterocycles. The molecule has 3 atom stereocenters. The smallest absolute Gasteiger partial charge is 0.237 e. The number of hydrogen-bond acceptors (Lipinski definition) is 4. The number of carbonyl (C=O) groups excluding carboxylic acids is 2. The Morgan fingerprint density at radius 2 is 2.00 bits per heavy atom. The molecule has 140 valence electrons. The van der Waals surface area contributed by atoms with E-state index in [1.165, 1.54) is 5.56 Å². The van der Waals surface area contributed by atoms with Crippen molar-refractivity contribution in [3.8, 4) is 0 Å². The Morgan fingerprint density at radius 3 is 2.77 bits per heavy atom. The van der Waals surface area contributed by atoms with Gasteiger partial charge in [0.25, 0.3) is 0 Å². The number of nitrogens with zero attached hydrogens (tertiary/aromatic N) is 1. The SMILES string of the molecule is O=C(CC[C@@H]1CNC(=O)[C@H]2C[C@@H](NCc3ccccc3)CN12)NC1CC1. The molecule has 3 aliphatic rings. The Hall–Kier alpha value is -1.92. The molecule has 1 aromatic carbocycles. The van der Waals surface area contributed by atoms with Crippen molar-refractivity contribution in [2.75, 3.05) is 13.1 Å². The highest BCUT2D eigenvalue weighted by molar-refractivity contribution is 5.83. The minimum absolute atomic E-state index is 0.0616. The fraction of sp³-hybridized carbons (Fsp3) is 0.600. The molecule has 6 nitrogen and oxygen atoms in total. The maximum absolute atomic E-state index is 12.3. The fourth-order valence-corrected chi connectivity index (χ4v) is 4.07. The summed E-state index contributed by atoms with van der Waals surface area (Å²) in [6, 6.07) is 11.3. The van der Waals surface area contributed by atoms with E-state index in [9.17, 15) is 9.59 Å². The summed E-state index contributed by atoms with van der Waals surface area (Å²) in [5.41, 5.74) is 1.26. The number of benzene rings is 1. The zero-order valence-corrected chi connectivity index (χ0v) is 15.1. The van der Waals surface area contributed by atoms with Crippen LogP contribution in [0.4, 0.5) is 0 Å². The van der Waals surface area contributed by atoms with E-state index >= 15 is 0 Å². The van der Waals surface area contributed by atoms with Gasteiger partial charge in [-0.15, -0.1) is 0 Å². The molecule has 3 fully saturated rings. The summed E-state index contributed by atoms with van der Waals surface area (Å²) in [6.45, 7) is 2.35. The predicted octanol–water partition coefficient (Wildman–Crippen LogP) is 0.776. The second-order valence-electron chi connectivity index (χ2n) is 7.79. The monoisotopic (exact) mass is 356 g/mol. The third kappa shape index (κ3) is 4.24. The number of amides is 2. The molecule has 0 radical (unpaired) electrons. The summed E-state index contributed by atoms with van der Waals surface area (Å²) in [4.78, 5) is 26.6. The summed E-state index contributed by atoms with van der Waals surface area (Å²) in [7, 11) is 0. The first-order valence-corrected chi connectivity index (χ1v) is 9.79. The third-order valence-corrected chi connectivity index (χ3v) is 5.71. The number of carbonyl (C=O) groups is 2. The van der Waals surface area contributed by atoms with Gasteiger partial charge in [0.05, 0.1) is 6.04 Å². The van der Waals surface area contributed by atoms with E-state index in [2.05, 4.69) is 33.0 Å². The molecule has 2 heterocycles. The number of fused-ring (bicyclic) bond motifs is 1. The van der Waals surface area contributed by atoms with Crippen LogP contribution in [0, 0.1) is 0 Å². The average Bonchev–Trinajstić information content (AvgIpc) is 3.35. The molecule has 0 bridgehead atoms. The summed E-state index contributed by atoms with van der Waals surface area (Å²) < 4.78 is 0. The summed E-state index contributed by atoms with van der Waals surface area (Å²) in [5.74, 6) is 0.284. The summed E-state index contributed by atoms with van der Waals surface area (Å²) in [5, 5.41) is 9.68. The Bertz CT molecular complexity index is 646.